The van der Waals surface area contributed by atoms with E-state index in [9.17, 15) is 21.6 Å². The molecule has 0 atom stereocenters. The number of rotatable bonds is 5. The van der Waals surface area contributed by atoms with Gasteiger partial charge in [0.1, 0.15) is 0 Å². The number of thioether (sulfide) groups is 1. The molecule has 102 valence electrons. The maximum atomic E-state index is 12.1. The minimum absolute atomic E-state index is 0.0148. The summed E-state index contributed by atoms with van der Waals surface area (Å²) in [7, 11) is -3.41. The van der Waals surface area contributed by atoms with Crippen LogP contribution in [0.1, 0.15) is 13.3 Å². The van der Waals surface area contributed by atoms with Gasteiger partial charge < -0.3 is 0 Å². The summed E-state index contributed by atoms with van der Waals surface area (Å²) in [6.45, 7) is 1.72. The van der Waals surface area contributed by atoms with Crippen molar-refractivity contribution in [3.05, 3.63) is 24.3 Å². The molecule has 0 aliphatic heterocycles. The van der Waals surface area contributed by atoms with Gasteiger partial charge in [0.15, 0.2) is 0 Å². The van der Waals surface area contributed by atoms with E-state index in [-0.39, 0.29) is 28.1 Å². The van der Waals surface area contributed by atoms with Gasteiger partial charge in [0.2, 0.25) is 10.0 Å². The van der Waals surface area contributed by atoms with Gasteiger partial charge in [-0.3, -0.25) is 4.72 Å². The summed E-state index contributed by atoms with van der Waals surface area (Å²) in [5.41, 5.74) is -4.08. The standard InChI is InChI=1S/C10H12F3NO2S2/c1-2-7-18(15,16)14-8-3-5-9(6-4-8)17-10(11,12)13/h3-6,14H,2,7H2,1H3. The molecule has 0 bridgehead atoms. The first-order chi connectivity index (χ1) is 8.22. The van der Waals surface area contributed by atoms with Crippen LogP contribution >= 0.6 is 11.8 Å². The second-order valence-electron chi connectivity index (χ2n) is 3.49. The zero-order valence-corrected chi connectivity index (χ0v) is 11.1. The van der Waals surface area contributed by atoms with Crippen LogP contribution in [0.3, 0.4) is 0 Å². The van der Waals surface area contributed by atoms with E-state index < -0.39 is 15.5 Å². The van der Waals surface area contributed by atoms with Gasteiger partial charge in [-0.15, -0.1) is 0 Å². The van der Waals surface area contributed by atoms with Gasteiger partial charge in [-0.2, -0.15) is 13.2 Å². The summed E-state index contributed by atoms with van der Waals surface area (Å²) in [5, 5.41) is 0. The molecule has 18 heavy (non-hydrogen) atoms. The van der Waals surface area contributed by atoms with E-state index in [4.69, 9.17) is 0 Å². The predicted molar refractivity (Wildman–Crippen MR) is 66.1 cm³/mol. The fourth-order valence-corrected chi connectivity index (χ4v) is 2.90. The smallest absolute Gasteiger partial charge is 0.284 e. The van der Waals surface area contributed by atoms with E-state index >= 15 is 0 Å². The molecule has 8 heteroatoms. The fraction of sp³-hybridized carbons (Fsp3) is 0.400. The predicted octanol–water partition coefficient (Wildman–Crippen LogP) is 3.45. The lowest BCUT2D eigenvalue weighted by Gasteiger charge is -2.08. The quantitative estimate of drug-likeness (QED) is 0.847. The first-order valence-electron chi connectivity index (χ1n) is 5.08. The molecule has 3 nitrogen and oxygen atoms in total. The van der Waals surface area contributed by atoms with Crippen molar-refractivity contribution in [1.29, 1.82) is 0 Å². The second-order valence-corrected chi connectivity index (χ2v) is 6.47. The lowest BCUT2D eigenvalue weighted by Crippen LogP contribution is -2.15. The summed E-state index contributed by atoms with van der Waals surface area (Å²) in [6, 6.07) is 5.06. The third kappa shape index (κ3) is 5.63. The number of halogens is 3. The molecule has 0 saturated carbocycles. The van der Waals surface area contributed by atoms with Crippen molar-refractivity contribution in [2.75, 3.05) is 10.5 Å². The topological polar surface area (TPSA) is 46.2 Å². The van der Waals surface area contributed by atoms with Gasteiger partial charge >= 0.3 is 5.51 Å². The van der Waals surface area contributed by atoms with Crippen molar-refractivity contribution < 1.29 is 21.6 Å². The van der Waals surface area contributed by atoms with Gasteiger partial charge in [0, 0.05) is 10.6 Å². The van der Waals surface area contributed by atoms with Crippen LogP contribution in [0.2, 0.25) is 0 Å². The zero-order valence-electron chi connectivity index (χ0n) is 9.49. The number of sulfonamides is 1. The van der Waals surface area contributed by atoms with Gasteiger partial charge in [0.25, 0.3) is 0 Å². The minimum atomic E-state index is -4.34. The Morgan fingerprint density at radius 1 is 1.22 bits per heavy atom. The maximum absolute atomic E-state index is 12.1. The maximum Gasteiger partial charge on any atom is 0.446 e. The SMILES string of the molecule is CCCS(=O)(=O)Nc1ccc(SC(F)(F)F)cc1. The van der Waals surface area contributed by atoms with Crippen molar-refractivity contribution in [2.45, 2.75) is 23.7 Å². The van der Waals surface area contributed by atoms with E-state index in [1.807, 2.05) is 0 Å². The third-order valence-electron chi connectivity index (χ3n) is 1.83. The molecule has 1 N–H and O–H groups in total. The third-order valence-corrected chi connectivity index (χ3v) is 4.07. The van der Waals surface area contributed by atoms with E-state index in [1.54, 1.807) is 6.92 Å². The van der Waals surface area contributed by atoms with Crippen LogP contribution in [-0.2, 0) is 10.0 Å². The van der Waals surface area contributed by atoms with Crippen LogP contribution < -0.4 is 4.72 Å². The highest BCUT2D eigenvalue weighted by Crippen LogP contribution is 2.37. The summed E-state index contributed by atoms with van der Waals surface area (Å²) >= 11 is -0.240. The van der Waals surface area contributed by atoms with Crippen LogP contribution in [-0.4, -0.2) is 19.7 Å². The molecular weight excluding hydrogens is 287 g/mol. The molecule has 0 saturated heterocycles. The number of benzene rings is 1. The van der Waals surface area contributed by atoms with E-state index in [0.717, 1.165) is 0 Å². The van der Waals surface area contributed by atoms with Crippen molar-refractivity contribution in [2.24, 2.45) is 0 Å². The number of alkyl halides is 3. The normalized spacial score (nSPS) is 12.4. The van der Waals surface area contributed by atoms with E-state index in [0.29, 0.717) is 6.42 Å². The first kappa shape index (κ1) is 15.2. The largest absolute Gasteiger partial charge is 0.446 e. The van der Waals surface area contributed by atoms with Crippen LogP contribution in [0.15, 0.2) is 29.2 Å². The Hall–Kier alpha value is -0.890. The zero-order chi connectivity index (χ0) is 13.8. The van der Waals surface area contributed by atoms with Crippen molar-refractivity contribution in [1.82, 2.24) is 0 Å². The Morgan fingerprint density at radius 3 is 2.22 bits per heavy atom. The second kappa shape index (κ2) is 5.83. The molecular formula is C10H12F3NO2S2. The van der Waals surface area contributed by atoms with Crippen LogP contribution in [0.4, 0.5) is 18.9 Å². The summed E-state index contributed by atoms with van der Waals surface area (Å²) in [6.07, 6.45) is 0.470. The monoisotopic (exact) mass is 299 g/mol. The molecule has 0 aromatic heterocycles. The average Bonchev–Trinajstić information content (AvgIpc) is 2.18. The van der Waals surface area contributed by atoms with Gasteiger partial charge in [-0.25, -0.2) is 8.42 Å². The highest BCUT2D eigenvalue weighted by atomic mass is 32.2. The molecule has 0 amide bonds. The van der Waals surface area contributed by atoms with E-state index in [1.165, 1.54) is 24.3 Å². The van der Waals surface area contributed by atoms with Crippen molar-refractivity contribution in [3.8, 4) is 0 Å². The average molecular weight is 299 g/mol. The van der Waals surface area contributed by atoms with Crippen LogP contribution in [0.5, 0.6) is 0 Å². The summed E-state index contributed by atoms with van der Waals surface area (Å²) in [4.78, 5) is 0.0148. The Morgan fingerprint density at radius 2 is 1.78 bits per heavy atom. The molecule has 0 radical (unpaired) electrons. The van der Waals surface area contributed by atoms with Crippen LogP contribution in [0.25, 0.3) is 0 Å². The Balaban J connectivity index is 2.72. The molecule has 1 rings (SSSR count). The Bertz CT molecular complexity index is 483. The molecule has 1 aromatic rings. The van der Waals surface area contributed by atoms with Gasteiger partial charge in [-0.05, 0) is 42.4 Å². The number of nitrogens with one attached hydrogen (secondary N) is 1. The minimum Gasteiger partial charge on any atom is -0.284 e. The Kier molecular flexibility index (Phi) is 4.92. The Labute approximate surface area is 108 Å². The fourth-order valence-electron chi connectivity index (χ4n) is 1.22. The first-order valence-corrected chi connectivity index (χ1v) is 7.55. The molecule has 0 aliphatic carbocycles. The number of hydrogen-bond acceptors (Lipinski definition) is 3. The van der Waals surface area contributed by atoms with Crippen LogP contribution in [0, 0.1) is 0 Å². The highest BCUT2D eigenvalue weighted by Gasteiger charge is 2.29. The summed E-state index contributed by atoms with van der Waals surface area (Å²) < 4.78 is 61.3. The number of hydrogen-bond donors (Lipinski definition) is 1. The number of anilines is 1. The molecule has 0 fully saturated rings. The van der Waals surface area contributed by atoms with Crippen molar-refractivity contribution in [3.63, 3.8) is 0 Å². The molecule has 0 heterocycles. The van der Waals surface area contributed by atoms with Gasteiger partial charge in [0.05, 0.1) is 5.75 Å². The van der Waals surface area contributed by atoms with Crippen molar-refractivity contribution >= 4 is 27.5 Å². The molecule has 1 aromatic carbocycles. The summed E-state index contributed by atoms with van der Waals surface area (Å²) in [5.74, 6) is -0.0218. The highest BCUT2D eigenvalue weighted by molar-refractivity contribution is 8.00. The molecule has 0 aliphatic rings. The lowest BCUT2D eigenvalue weighted by atomic mass is 10.3. The van der Waals surface area contributed by atoms with Gasteiger partial charge in [-0.1, -0.05) is 6.92 Å². The van der Waals surface area contributed by atoms with E-state index in [2.05, 4.69) is 4.72 Å². The lowest BCUT2D eigenvalue weighted by molar-refractivity contribution is -0.0328. The molecule has 0 spiro atoms. The molecule has 0 unspecified atom stereocenters.